The third-order valence-electron chi connectivity index (χ3n) is 5.91. The smallest absolute Gasteiger partial charge is 0.411 e. The summed E-state index contributed by atoms with van der Waals surface area (Å²) in [5.74, 6) is -0.648. The number of carbonyl (C=O) groups excluding carboxylic acids is 2. The predicted octanol–water partition coefficient (Wildman–Crippen LogP) is 4.56. The first-order chi connectivity index (χ1) is 13.7. The maximum Gasteiger partial charge on any atom is 0.411 e. The van der Waals surface area contributed by atoms with E-state index in [4.69, 9.17) is 9.16 Å². The molecule has 2 amide bonds. The molecule has 1 aromatic rings. The van der Waals surface area contributed by atoms with Gasteiger partial charge in [-0.05, 0) is 37.5 Å². The largest absolute Gasteiger partial charge is 0.444 e. The van der Waals surface area contributed by atoms with E-state index >= 15 is 0 Å². The summed E-state index contributed by atoms with van der Waals surface area (Å²) in [6, 6.07) is 9.38. The summed E-state index contributed by atoms with van der Waals surface area (Å²) in [7, 11) is -2.13. The summed E-state index contributed by atoms with van der Waals surface area (Å²) in [5, 5.41) is -0.0293. The topological polar surface area (TPSA) is 59.1 Å². The fraction of sp³-hybridized carbons (Fsp3) is 0.636. The van der Waals surface area contributed by atoms with Gasteiger partial charge < -0.3 is 14.1 Å². The lowest BCUT2D eigenvalue weighted by atomic mass is 10.1. The molecule has 8 heteroatoms. The molecule has 30 heavy (non-hydrogen) atoms. The van der Waals surface area contributed by atoms with Crippen LogP contribution in [0.1, 0.15) is 40.2 Å². The number of hydrogen-bond acceptors (Lipinski definition) is 4. The Bertz CT molecular complexity index is 744. The van der Waals surface area contributed by atoms with Crippen LogP contribution in [-0.2, 0) is 20.6 Å². The standard InChI is InChI=1S/C22H35FN2O4Si/c1-21(2,3)30(6,7)29-16-18-24(19(26)22(4,5)23)13-14-25(18)20(27)28-15-17-11-9-8-10-12-17/h8-12,18H,13-16H2,1-7H3. The molecule has 1 atom stereocenters. The minimum absolute atomic E-state index is 0.0293. The van der Waals surface area contributed by atoms with Crippen molar-refractivity contribution in [1.82, 2.24) is 9.80 Å². The van der Waals surface area contributed by atoms with Crippen molar-refractivity contribution in [3.63, 3.8) is 0 Å². The average Bonchev–Trinajstić information content (AvgIpc) is 3.06. The zero-order valence-electron chi connectivity index (χ0n) is 19.2. The molecule has 1 aliphatic rings. The third-order valence-corrected chi connectivity index (χ3v) is 10.4. The molecule has 1 fully saturated rings. The van der Waals surface area contributed by atoms with Crippen molar-refractivity contribution in [3.8, 4) is 0 Å². The summed E-state index contributed by atoms with van der Waals surface area (Å²) in [6.45, 7) is 13.8. The van der Waals surface area contributed by atoms with Gasteiger partial charge in [-0.25, -0.2) is 9.18 Å². The Hall–Kier alpha value is -1.93. The van der Waals surface area contributed by atoms with Gasteiger partial charge in [0.25, 0.3) is 5.91 Å². The molecule has 6 nitrogen and oxygen atoms in total. The Kier molecular flexibility index (Phi) is 7.35. The monoisotopic (exact) mass is 438 g/mol. The molecule has 1 aromatic carbocycles. The van der Waals surface area contributed by atoms with Crippen LogP contribution in [-0.4, -0.2) is 61.6 Å². The maximum absolute atomic E-state index is 14.4. The highest BCUT2D eigenvalue weighted by Crippen LogP contribution is 2.37. The molecule has 2 rings (SSSR count). The van der Waals surface area contributed by atoms with Crippen LogP contribution in [0.25, 0.3) is 0 Å². The van der Waals surface area contributed by atoms with Gasteiger partial charge >= 0.3 is 6.09 Å². The van der Waals surface area contributed by atoms with E-state index in [-0.39, 0.29) is 31.3 Å². The first kappa shape index (κ1) is 24.3. The lowest BCUT2D eigenvalue weighted by Crippen LogP contribution is -2.54. The highest BCUT2D eigenvalue weighted by molar-refractivity contribution is 6.74. The second kappa shape index (κ2) is 9.06. The molecule has 0 saturated carbocycles. The zero-order valence-corrected chi connectivity index (χ0v) is 20.2. The molecular weight excluding hydrogens is 403 g/mol. The van der Waals surface area contributed by atoms with Crippen molar-refractivity contribution in [2.45, 2.75) is 71.2 Å². The number of benzene rings is 1. The average molecular weight is 439 g/mol. The number of rotatable bonds is 6. The molecule has 1 heterocycles. The molecule has 0 aromatic heterocycles. The molecular formula is C22H35FN2O4Si. The van der Waals surface area contributed by atoms with Crippen molar-refractivity contribution in [2.75, 3.05) is 19.7 Å². The van der Waals surface area contributed by atoms with E-state index in [0.717, 1.165) is 5.56 Å². The Morgan fingerprint density at radius 2 is 1.63 bits per heavy atom. The molecule has 168 valence electrons. The van der Waals surface area contributed by atoms with E-state index in [1.165, 1.54) is 23.6 Å². The van der Waals surface area contributed by atoms with Crippen LogP contribution in [0.4, 0.5) is 9.18 Å². The molecule has 1 unspecified atom stereocenters. The van der Waals surface area contributed by atoms with Crippen LogP contribution >= 0.6 is 0 Å². The molecule has 0 N–H and O–H groups in total. The van der Waals surface area contributed by atoms with Crippen LogP contribution in [0.2, 0.25) is 18.1 Å². The van der Waals surface area contributed by atoms with Crippen LogP contribution < -0.4 is 0 Å². The van der Waals surface area contributed by atoms with Gasteiger partial charge in [-0.2, -0.15) is 0 Å². The Morgan fingerprint density at radius 3 is 2.17 bits per heavy atom. The minimum Gasteiger partial charge on any atom is -0.444 e. The van der Waals surface area contributed by atoms with Gasteiger partial charge in [0.2, 0.25) is 0 Å². The Morgan fingerprint density at radius 1 is 1.07 bits per heavy atom. The van der Waals surface area contributed by atoms with Crippen molar-refractivity contribution in [1.29, 1.82) is 0 Å². The maximum atomic E-state index is 14.4. The fourth-order valence-electron chi connectivity index (χ4n) is 2.95. The number of amides is 2. The molecule has 1 aliphatic heterocycles. The van der Waals surface area contributed by atoms with Crippen LogP contribution in [0, 0.1) is 0 Å². The SMILES string of the molecule is CC(C)(F)C(=O)N1CCN(C(=O)OCc2ccccc2)C1CO[Si](C)(C)C(C)(C)C. The number of alkyl halides is 1. The van der Waals surface area contributed by atoms with E-state index in [0.29, 0.717) is 0 Å². The quantitative estimate of drug-likeness (QED) is 0.611. The summed E-state index contributed by atoms with van der Waals surface area (Å²) < 4.78 is 26.2. The number of ether oxygens (including phenoxy) is 1. The number of hydrogen-bond donors (Lipinski definition) is 0. The number of halogens is 1. The zero-order chi connectivity index (χ0) is 22.7. The minimum atomic E-state index is -2.13. The van der Waals surface area contributed by atoms with E-state index in [1.807, 2.05) is 30.3 Å². The third kappa shape index (κ3) is 5.82. The van der Waals surface area contributed by atoms with Gasteiger partial charge in [-0.1, -0.05) is 51.1 Å². The van der Waals surface area contributed by atoms with Crippen molar-refractivity contribution in [3.05, 3.63) is 35.9 Å². The lowest BCUT2D eigenvalue weighted by Gasteiger charge is -2.39. The highest BCUT2D eigenvalue weighted by Gasteiger charge is 2.46. The van der Waals surface area contributed by atoms with Gasteiger partial charge in [0, 0.05) is 13.1 Å². The summed E-state index contributed by atoms with van der Waals surface area (Å²) >= 11 is 0. The molecule has 0 bridgehead atoms. The molecule has 1 saturated heterocycles. The van der Waals surface area contributed by atoms with Gasteiger partial charge in [-0.3, -0.25) is 9.69 Å². The van der Waals surface area contributed by atoms with E-state index in [1.54, 1.807) is 0 Å². The summed E-state index contributed by atoms with van der Waals surface area (Å²) in [6.07, 6.45) is -1.22. The summed E-state index contributed by atoms with van der Waals surface area (Å²) in [4.78, 5) is 28.3. The van der Waals surface area contributed by atoms with Gasteiger partial charge in [0.15, 0.2) is 14.0 Å². The predicted molar refractivity (Wildman–Crippen MR) is 117 cm³/mol. The number of nitrogens with zero attached hydrogens (tertiary/aromatic N) is 2. The molecule has 0 aliphatic carbocycles. The fourth-order valence-corrected chi connectivity index (χ4v) is 3.95. The Labute approximate surface area is 180 Å². The lowest BCUT2D eigenvalue weighted by molar-refractivity contribution is -0.144. The van der Waals surface area contributed by atoms with Crippen molar-refractivity contribution >= 4 is 20.3 Å². The highest BCUT2D eigenvalue weighted by atomic mass is 28.4. The number of carbonyl (C=O) groups is 2. The van der Waals surface area contributed by atoms with Crippen molar-refractivity contribution < 1.29 is 23.1 Å². The van der Waals surface area contributed by atoms with E-state index in [9.17, 15) is 14.0 Å². The Balaban J connectivity index is 2.16. The molecule has 0 spiro atoms. The van der Waals surface area contributed by atoms with E-state index in [2.05, 4.69) is 33.9 Å². The second-order valence-corrected chi connectivity index (χ2v) is 14.6. The van der Waals surface area contributed by atoms with Crippen LogP contribution in [0.3, 0.4) is 0 Å². The normalized spacial score (nSPS) is 17.9. The second-order valence-electron chi connectivity index (χ2n) is 9.76. The summed E-state index contributed by atoms with van der Waals surface area (Å²) in [5.41, 5.74) is -1.16. The van der Waals surface area contributed by atoms with Crippen LogP contribution in [0.15, 0.2) is 30.3 Å². The van der Waals surface area contributed by atoms with Crippen LogP contribution in [0.5, 0.6) is 0 Å². The van der Waals surface area contributed by atoms with Gasteiger partial charge in [0.1, 0.15) is 12.8 Å². The van der Waals surface area contributed by atoms with Crippen molar-refractivity contribution in [2.24, 2.45) is 0 Å². The molecule has 0 radical (unpaired) electrons. The first-order valence-corrected chi connectivity index (χ1v) is 13.3. The van der Waals surface area contributed by atoms with Gasteiger partial charge in [-0.15, -0.1) is 0 Å². The van der Waals surface area contributed by atoms with Gasteiger partial charge in [0.05, 0.1) is 6.61 Å². The first-order valence-electron chi connectivity index (χ1n) is 10.4. The van der Waals surface area contributed by atoms with E-state index < -0.39 is 32.2 Å².